The van der Waals surface area contributed by atoms with E-state index < -0.39 is 14.6 Å². The lowest BCUT2D eigenvalue weighted by Crippen LogP contribution is -2.44. The van der Waals surface area contributed by atoms with Crippen molar-refractivity contribution in [3.63, 3.8) is 0 Å². The van der Waals surface area contributed by atoms with Crippen LogP contribution in [0.4, 0.5) is 16.3 Å². The predicted octanol–water partition coefficient (Wildman–Crippen LogP) is 2.69. The number of urea groups is 1. The SMILES string of the molecule is CNC(=O)Nc1ccc(-c2nc(N3CCOC[C@@H]3C)cc(C3(S(=O)(=O)C4CC4)CC3)n2)cc1. The Bertz CT molecular complexity index is 1160. The Morgan fingerprint density at radius 3 is 2.52 bits per heavy atom. The highest BCUT2D eigenvalue weighted by atomic mass is 32.2. The zero-order valence-electron chi connectivity index (χ0n) is 18.9. The number of morpholine rings is 1. The van der Waals surface area contributed by atoms with Gasteiger partial charge in [0, 0.05) is 30.9 Å². The summed E-state index contributed by atoms with van der Waals surface area (Å²) in [4.78, 5) is 23.4. The summed E-state index contributed by atoms with van der Waals surface area (Å²) in [6, 6.07) is 8.95. The number of hydrogen-bond donors (Lipinski definition) is 2. The van der Waals surface area contributed by atoms with Crippen LogP contribution in [-0.4, -0.2) is 62.5 Å². The summed E-state index contributed by atoms with van der Waals surface area (Å²) in [6.07, 6.45) is 2.70. The predicted molar refractivity (Wildman–Crippen MR) is 126 cm³/mol. The van der Waals surface area contributed by atoms with Crippen molar-refractivity contribution in [3.05, 3.63) is 36.0 Å². The minimum Gasteiger partial charge on any atom is -0.377 e. The lowest BCUT2D eigenvalue weighted by atomic mass is 10.1. The van der Waals surface area contributed by atoms with Crippen molar-refractivity contribution in [1.82, 2.24) is 15.3 Å². The molecular weight excluding hydrogens is 442 g/mol. The second-order valence-corrected chi connectivity index (χ2v) is 11.6. The first-order valence-corrected chi connectivity index (χ1v) is 13.0. The molecule has 5 rings (SSSR count). The molecule has 0 radical (unpaired) electrons. The molecule has 10 heteroatoms. The first-order valence-electron chi connectivity index (χ1n) is 11.4. The summed E-state index contributed by atoms with van der Waals surface area (Å²) >= 11 is 0. The van der Waals surface area contributed by atoms with Gasteiger partial charge < -0.3 is 20.3 Å². The van der Waals surface area contributed by atoms with Crippen LogP contribution in [0.1, 0.15) is 38.3 Å². The zero-order chi connectivity index (χ0) is 23.2. The van der Waals surface area contributed by atoms with Gasteiger partial charge in [0.05, 0.1) is 30.2 Å². The second kappa shape index (κ2) is 8.25. The molecule has 0 bridgehead atoms. The lowest BCUT2D eigenvalue weighted by molar-refractivity contribution is 0.0985. The number of anilines is 2. The summed E-state index contributed by atoms with van der Waals surface area (Å²) in [5.41, 5.74) is 2.01. The van der Waals surface area contributed by atoms with Crippen LogP contribution in [0.5, 0.6) is 0 Å². The Kier molecular flexibility index (Phi) is 5.52. The molecule has 2 N–H and O–H groups in total. The van der Waals surface area contributed by atoms with Gasteiger partial charge in [-0.25, -0.2) is 23.2 Å². The van der Waals surface area contributed by atoms with Gasteiger partial charge >= 0.3 is 6.03 Å². The number of carbonyl (C=O) groups is 1. The molecule has 1 aromatic carbocycles. The Morgan fingerprint density at radius 2 is 1.91 bits per heavy atom. The quantitative estimate of drug-likeness (QED) is 0.666. The molecular formula is C23H29N5O4S. The van der Waals surface area contributed by atoms with Crippen LogP contribution in [-0.2, 0) is 19.3 Å². The molecule has 1 aliphatic heterocycles. The molecule has 1 saturated heterocycles. The first-order chi connectivity index (χ1) is 15.8. The number of rotatable bonds is 6. The summed E-state index contributed by atoms with van der Waals surface area (Å²) in [5, 5.41) is 5.01. The Hall–Kier alpha value is -2.72. The van der Waals surface area contributed by atoms with Crippen LogP contribution in [0.15, 0.2) is 30.3 Å². The van der Waals surface area contributed by atoms with E-state index in [1.165, 1.54) is 0 Å². The highest BCUT2D eigenvalue weighted by molar-refractivity contribution is 7.93. The minimum atomic E-state index is -3.28. The number of amides is 2. The van der Waals surface area contributed by atoms with Gasteiger partial charge in [0.15, 0.2) is 15.7 Å². The smallest absolute Gasteiger partial charge is 0.318 e. The molecule has 2 saturated carbocycles. The molecule has 0 unspecified atom stereocenters. The van der Waals surface area contributed by atoms with E-state index in [-0.39, 0.29) is 17.3 Å². The third-order valence-electron chi connectivity index (χ3n) is 6.68. The van der Waals surface area contributed by atoms with Crippen LogP contribution in [0.3, 0.4) is 0 Å². The number of aromatic nitrogens is 2. The van der Waals surface area contributed by atoms with Crippen molar-refractivity contribution < 1.29 is 17.9 Å². The van der Waals surface area contributed by atoms with Crippen molar-refractivity contribution in [2.24, 2.45) is 0 Å². The molecule has 1 atom stereocenters. The van der Waals surface area contributed by atoms with Crippen molar-refractivity contribution in [1.29, 1.82) is 0 Å². The van der Waals surface area contributed by atoms with Crippen LogP contribution in [0.25, 0.3) is 11.4 Å². The molecule has 3 aliphatic rings. The number of nitrogens with zero attached hydrogens (tertiary/aromatic N) is 3. The molecule has 33 heavy (non-hydrogen) atoms. The third kappa shape index (κ3) is 4.06. The van der Waals surface area contributed by atoms with E-state index in [0.717, 1.165) is 24.2 Å². The van der Waals surface area contributed by atoms with Crippen LogP contribution >= 0.6 is 0 Å². The second-order valence-electron chi connectivity index (χ2n) is 9.07. The number of hydrogen-bond acceptors (Lipinski definition) is 7. The maximum absolute atomic E-state index is 13.3. The molecule has 1 aromatic heterocycles. The van der Waals surface area contributed by atoms with Gasteiger partial charge in [0.1, 0.15) is 10.6 Å². The minimum absolute atomic E-state index is 0.128. The van der Waals surface area contributed by atoms with Gasteiger partial charge in [-0.05, 0) is 56.9 Å². The summed E-state index contributed by atoms with van der Waals surface area (Å²) in [5.74, 6) is 1.22. The van der Waals surface area contributed by atoms with Crippen LogP contribution in [0.2, 0.25) is 0 Å². The highest BCUT2D eigenvalue weighted by Gasteiger charge is 2.61. The fraction of sp³-hybridized carbons (Fsp3) is 0.522. The molecule has 3 fully saturated rings. The van der Waals surface area contributed by atoms with E-state index in [9.17, 15) is 13.2 Å². The fourth-order valence-corrected chi connectivity index (χ4v) is 6.87. The largest absolute Gasteiger partial charge is 0.377 e. The van der Waals surface area contributed by atoms with Crippen molar-refractivity contribution >= 4 is 27.4 Å². The topological polar surface area (TPSA) is 114 Å². The average molecular weight is 472 g/mol. The van der Waals surface area contributed by atoms with Crippen molar-refractivity contribution in [2.45, 2.75) is 48.6 Å². The lowest BCUT2D eigenvalue weighted by Gasteiger charge is -2.34. The normalized spacial score (nSPS) is 22.0. The average Bonchev–Trinajstić information content (AvgIpc) is 3.72. The van der Waals surface area contributed by atoms with Gasteiger partial charge in [0.25, 0.3) is 0 Å². The van der Waals surface area contributed by atoms with Crippen LogP contribution in [0, 0.1) is 0 Å². The first kappa shape index (κ1) is 22.1. The Balaban J connectivity index is 1.55. The maximum Gasteiger partial charge on any atom is 0.318 e. The van der Waals surface area contributed by atoms with Gasteiger partial charge in [-0.1, -0.05) is 0 Å². The summed E-state index contributed by atoms with van der Waals surface area (Å²) < 4.78 is 31.3. The van der Waals surface area contributed by atoms with Gasteiger partial charge in [-0.2, -0.15) is 0 Å². The van der Waals surface area contributed by atoms with E-state index in [1.807, 2.05) is 18.2 Å². The number of carbonyl (C=O) groups excluding carboxylic acids is 1. The summed E-state index contributed by atoms with van der Waals surface area (Å²) in [6.45, 7) is 3.96. The molecule has 2 amide bonds. The zero-order valence-corrected chi connectivity index (χ0v) is 19.7. The van der Waals surface area contributed by atoms with E-state index >= 15 is 0 Å². The number of sulfone groups is 1. The van der Waals surface area contributed by atoms with Crippen molar-refractivity contribution in [2.75, 3.05) is 37.0 Å². The molecule has 2 aromatic rings. The molecule has 176 valence electrons. The molecule has 9 nitrogen and oxygen atoms in total. The van der Waals surface area contributed by atoms with Crippen LogP contribution < -0.4 is 15.5 Å². The van der Waals surface area contributed by atoms with Gasteiger partial charge in [-0.3, -0.25) is 0 Å². The van der Waals surface area contributed by atoms with Gasteiger partial charge in [-0.15, -0.1) is 0 Å². The highest BCUT2D eigenvalue weighted by Crippen LogP contribution is 2.57. The van der Waals surface area contributed by atoms with E-state index in [2.05, 4.69) is 22.5 Å². The number of benzene rings is 1. The Morgan fingerprint density at radius 1 is 1.18 bits per heavy atom. The maximum atomic E-state index is 13.3. The number of nitrogens with one attached hydrogen (secondary N) is 2. The third-order valence-corrected chi connectivity index (χ3v) is 9.74. The monoisotopic (exact) mass is 471 g/mol. The Labute approximate surface area is 193 Å². The van der Waals surface area contributed by atoms with Gasteiger partial charge in [0.2, 0.25) is 0 Å². The van der Waals surface area contributed by atoms with E-state index in [4.69, 9.17) is 14.7 Å². The van der Waals surface area contributed by atoms with E-state index in [1.54, 1.807) is 19.2 Å². The molecule has 2 aliphatic carbocycles. The van der Waals surface area contributed by atoms with Crippen molar-refractivity contribution in [3.8, 4) is 11.4 Å². The summed E-state index contributed by atoms with van der Waals surface area (Å²) in [7, 11) is -1.72. The number of ether oxygens (including phenoxy) is 1. The van der Waals surface area contributed by atoms with E-state index in [0.29, 0.717) is 49.8 Å². The molecule has 2 heterocycles. The fourth-order valence-electron chi connectivity index (χ4n) is 4.41. The molecule has 0 spiro atoms. The standard InChI is InChI=1S/C23H29N5O4S/c1-15-14-32-12-11-28(15)20-13-19(23(9-10-23)33(30,31)18-7-8-18)26-21(27-20)16-3-5-17(6-4-16)25-22(29)24-2/h3-6,13,15,18H,7-12,14H2,1-2H3,(H2,24,25,29)/t15-/m0/s1.